The topological polar surface area (TPSA) is 61.3 Å². The molecule has 90 valence electrons. The number of aliphatic hydroxyl groups is 1. The fourth-order valence-electron chi connectivity index (χ4n) is 1.37. The predicted octanol–water partition coefficient (Wildman–Crippen LogP) is 1.12. The van der Waals surface area contributed by atoms with Crippen LogP contribution in [-0.4, -0.2) is 41.3 Å². The minimum absolute atomic E-state index is 0.376. The predicted molar refractivity (Wildman–Crippen MR) is 65.8 cm³/mol. The summed E-state index contributed by atoms with van der Waals surface area (Å²) >= 11 is 0. The van der Waals surface area contributed by atoms with Crippen molar-refractivity contribution in [3.63, 3.8) is 0 Å². The summed E-state index contributed by atoms with van der Waals surface area (Å²) in [5.41, 5.74) is 0. The third-order valence-electron chi connectivity index (χ3n) is 2.11. The molecule has 16 heavy (non-hydrogen) atoms. The van der Waals surface area contributed by atoms with Gasteiger partial charge in [-0.15, -0.1) is 0 Å². The number of nitrogens with zero attached hydrogens (tertiary/aromatic N) is 3. The van der Waals surface area contributed by atoms with Crippen LogP contribution in [0.4, 0.5) is 11.6 Å². The number of likely N-dealkylation sites (N-methyl/N-ethyl adjacent to an activating group) is 1. The Morgan fingerprint density at radius 1 is 1.50 bits per heavy atom. The van der Waals surface area contributed by atoms with Gasteiger partial charge in [0.15, 0.2) is 0 Å². The normalized spacial score (nSPS) is 12.2. The minimum Gasteiger partial charge on any atom is -0.392 e. The zero-order valence-corrected chi connectivity index (χ0v) is 10.1. The monoisotopic (exact) mass is 224 g/mol. The van der Waals surface area contributed by atoms with Crippen LogP contribution >= 0.6 is 0 Å². The lowest BCUT2D eigenvalue weighted by atomic mass is 10.4. The molecule has 0 aromatic carbocycles. The standard InChI is InChI=1S/C11H20N4O/c1-4-5-13-10-6-12-7-11(14-10)15(3)8-9(2)16/h6-7,9,16H,4-5,8H2,1-3H3,(H,13,14). The Hall–Kier alpha value is -1.36. The number of anilines is 2. The van der Waals surface area contributed by atoms with Crippen LogP contribution in [-0.2, 0) is 0 Å². The van der Waals surface area contributed by atoms with Gasteiger partial charge in [0.25, 0.3) is 0 Å². The molecule has 5 heteroatoms. The first-order valence-electron chi connectivity index (χ1n) is 5.58. The number of rotatable bonds is 6. The van der Waals surface area contributed by atoms with E-state index in [0.29, 0.717) is 6.54 Å². The van der Waals surface area contributed by atoms with Gasteiger partial charge in [0.2, 0.25) is 0 Å². The Morgan fingerprint density at radius 3 is 2.88 bits per heavy atom. The van der Waals surface area contributed by atoms with Crippen LogP contribution in [0.15, 0.2) is 12.4 Å². The Labute approximate surface area is 96.5 Å². The zero-order valence-electron chi connectivity index (χ0n) is 10.1. The fourth-order valence-corrected chi connectivity index (χ4v) is 1.37. The Bertz CT molecular complexity index is 317. The molecule has 0 saturated carbocycles. The molecule has 0 spiro atoms. The summed E-state index contributed by atoms with van der Waals surface area (Å²) in [6.45, 7) is 5.29. The van der Waals surface area contributed by atoms with Crippen LogP contribution in [0.25, 0.3) is 0 Å². The molecule has 1 rings (SSSR count). The van der Waals surface area contributed by atoms with E-state index in [1.807, 2.05) is 11.9 Å². The minimum atomic E-state index is -0.376. The van der Waals surface area contributed by atoms with E-state index in [4.69, 9.17) is 0 Å². The van der Waals surface area contributed by atoms with Gasteiger partial charge >= 0.3 is 0 Å². The molecule has 0 aliphatic rings. The molecule has 0 bridgehead atoms. The van der Waals surface area contributed by atoms with Crippen LogP contribution in [0.3, 0.4) is 0 Å². The summed E-state index contributed by atoms with van der Waals surface area (Å²) < 4.78 is 0. The summed E-state index contributed by atoms with van der Waals surface area (Å²) in [6, 6.07) is 0. The lowest BCUT2D eigenvalue weighted by Crippen LogP contribution is -2.27. The van der Waals surface area contributed by atoms with Crippen molar-refractivity contribution in [2.24, 2.45) is 0 Å². The Balaban J connectivity index is 2.65. The van der Waals surface area contributed by atoms with E-state index in [1.54, 1.807) is 19.3 Å². The molecule has 1 atom stereocenters. The Morgan fingerprint density at radius 2 is 2.25 bits per heavy atom. The number of nitrogens with one attached hydrogen (secondary N) is 1. The largest absolute Gasteiger partial charge is 0.392 e. The third-order valence-corrected chi connectivity index (χ3v) is 2.11. The van der Waals surface area contributed by atoms with Gasteiger partial charge in [0, 0.05) is 20.1 Å². The van der Waals surface area contributed by atoms with Crippen molar-refractivity contribution in [1.82, 2.24) is 9.97 Å². The van der Waals surface area contributed by atoms with Crippen molar-refractivity contribution < 1.29 is 5.11 Å². The fraction of sp³-hybridized carbons (Fsp3) is 0.636. The molecule has 0 aliphatic heterocycles. The van der Waals surface area contributed by atoms with Gasteiger partial charge in [0.05, 0.1) is 18.5 Å². The summed E-state index contributed by atoms with van der Waals surface area (Å²) in [7, 11) is 1.89. The van der Waals surface area contributed by atoms with Gasteiger partial charge in [-0.3, -0.25) is 4.98 Å². The first-order chi connectivity index (χ1) is 7.63. The first kappa shape index (κ1) is 12.7. The summed E-state index contributed by atoms with van der Waals surface area (Å²) in [5, 5.41) is 12.5. The quantitative estimate of drug-likeness (QED) is 0.758. The number of hydrogen-bond acceptors (Lipinski definition) is 5. The van der Waals surface area contributed by atoms with Gasteiger partial charge in [0.1, 0.15) is 11.6 Å². The van der Waals surface area contributed by atoms with Crippen molar-refractivity contribution >= 4 is 11.6 Å². The molecule has 1 heterocycles. The molecule has 2 N–H and O–H groups in total. The van der Waals surface area contributed by atoms with Crippen molar-refractivity contribution in [3.8, 4) is 0 Å². The highest BCUT2D eigenvalue weighted by Gasteiger charge is 2.06. The molecule has 0 fully saturated rings. The lowest BCUT2D eigenvalue weighted by molar-refractivity contribution is 0.201. The molecule has 1 aromatic heterocycles. The second-order valence-corrected chi connectivity index (χ2v) is 3.92. The van der Waals surface area contributed by atoms with Crippen LogP contribution in [0, 0.1) is 0 Å². The maximum Gasteiger partial charge on any atom is 0.149 e. The SMILES string of the molecule is CCCNc1cncc(N(C)CC(C)O)n1. The second kappa shape index (κ2) is 6.27. The molecule has 5 nitrogen and oxygen atoms in total. The van der Waals surface area contributed by atoms with Crippen molar-refractivity contribution in [2.75, 3.05) is 30.4 Å². The molecule has 1 unspecified atom stereocenters. The van der Waals surface area contributed by atoms with Gasteiger partial charge in [-0.05, 0) is 13.3 Å². The van der Waals surface area contributed by atoms with Gasteiger partial charge < -0.3 is 15.3 Å². The average molecular weight is 224 g/mol. The molecule has 0 radical (unpaired) electrons. The van der Waals surface area contributed by atoms with E-state index in [2.05, 4.69) is 22.2 Å². The van der Waals surface area contributed by atoms with E-state index in [-0.39, 0.29) is 6.10 Å². The van der Waals surface area contributed by atoms with E-state index in [0.717, 1.165) is 24.6 Å². The number of aliphatic hydroxyl groups excluding tert-OH is 1. The maximum atomic E-state index is 9.29. The van der Waals surface area contributed by atoms with Crippen LogP contribution < -0.4 is 10.2 Å². The van der Waals surface area contributed by atoms with Gasteiger partial charge in [-0.1, -0.05) is 6.92 Å². The summed E-state index contributed by atoms with van der Waals surface area (Å²) in [4.78, 5) is 10.4. The molecular weight excluding hydrogens is 204 g/mol. The second-order valence-electron chi connectivity index (χ2n) is 3.92. The zero-order chi connectivity index (χ0) is 12.0. The molecule has 0 saturated heterocycles. The average Bonchev–Trinajstić information content (AvgIpc) is 2.26. The smallest absolute Gasteiger partial charge is 0.149 e. The lowest BCUT2D eigenvalue weighted by Gasteiger charge is -2.19. The first-order valence-corrected chi connectivity index (χ1v) is 5.58. The van der Waals surface area contributed by atoms with Crippen molar-refractivity contribution in [2.45, 2.75) is 26.4 Å². The molecule has 1 aromatic rings. The Kier molecular flexibility index (Phi) is 4.98. The third kappa shape index (κ3) is 4.02. The molecule has 0 aliphatic carbocycles. The van der Waals surface area contributed by atoms with E-state index in [9.17, 15) is 5.11 Å². The highest BCUT2D eigenvalue weighted by Crippen LogP contribution is 2.10. The molecular formula is C11H20N4O. The number of hydrogen-bond donors (Lipinski definition) is 2. The van der Waals surface area contributed by atoms with Crippen LogP contribution in [0.1, 0.15) is 20.3 Å². The van der Waals surface area contributed by atoms with E-state index in [1.165, 1.54) is 0 Å². The highest BCUT2D eigenvalue weighted by molar-refractivity contribution is 5.43. The van der Waals surface area contributed by atoms with E-state index >= 15 is 0 Å². The van der Waals surface area contributed by atoms with E-state index < -0.39 is 0 Å². The van der Waals surface area contributed by atoms with Crippen molar-refractivity contribution in [1.29, 1.82) is 0 Å². The highest BCUT2D eigenvalue weighted by atomic mass is 16.3. The summed E-state index contributed by atoms with van der Waals surface area (Å²) in [6.07, 6.45) is 4.07. The number of aromatic nitrogens is 2. The van der Waals surface area contributed by atoms with Crippen LogP contribution in [0.2, 0.25) is 0 Å². The maximum absolute atomic E-state index is 9.29. The van der Waals surface area contributed by atoms with Crippen LogP contribution in [0.5, 0.6) is 0 Å². The summed E-state index contributed by atoms with van der Waals surface area (Å²) in [5.74, 6) is 1.54. The van der Waals surface area contributed by atoms with Gasteiger partial charge in [-0.25, -0.2) is 4.98 Å². The van der Waals surface area contributed by atoms with Gasteiger partial charge in [-0.2, -0.15) is 0 Å². The van der Waals surface area contributed by atoms with Crippen molar-refractivity contribution in [3.05, 3.63) is 12.4 Å². The molecule has 0 amide bonds.